The van der Waals surface area contributed by atoms with E-state index in [1.807, 2.05) is 0 Å². The topological polar surface area (TPSA) is 80.4 Å². The van der Waals surface area contributed by atoms with E-state index in [0.29, 0.717) is 5.56 Å². The Labute approximate surface area is 85.5 Å². The van der Waals surface area contributed by atoms with E-state index in [-0.39, 0.29) is 17.2 Å². The number of benzene rings is 1. The van der Waals surface area contributed by atoms with Gasteiger partial charge in [-0.05, 0) is 24.3 Å². The molecule has 15 heavy (non-hydrogen) atoms. The minimum absolute atomic E-state index is 0.0618. The van der Waals surface area contributed by atoms with Gasteiger partial charge in [-0.25, -0.2) is 4.79 Å². The van der Waals surface area contributed by atoms with Crippen LogP contribution in [0.3, 0.4) is 0 Å². The van der Waals surface area contributed by atoms with Crippen molar-refractivity contribution in [2.24, 2.45) is 0 Å². The summed E-state index contributed by atoms with van der Waals surface area (Å²) in [5.41, 5.74) is 0.608. The van der Waals surface area contributed by atoms with E-state index in [2.05, 4.69) is 0 Å². The number of nitro benzene ring substituents is 1. The number of aromatic carboxylic acids is 1. The van der Waals surface area contributed by atoms with Crippen molar-refractivity contribution in [2.75, 3.05) is 0 Å². The lowest BCUT2D eigenvalue weighted by molar-refractivity contribution is -0.384. The predicted octanol–water partition coefficient (Wildman–Crippen LogP) is 2.17. The summed E-state index contributed by atoms with van der Waals surface area (Å²) in [5, 5.41) is 19.4. The molecule has 0 bridgehead atoms. The van der Waals surface area contributed by atoms with Crippen molar-refractivity contribution < 1.29 is 14.8 Å². The van der Waals surface area contributed by atoms with E-state index >= 15 is 0 Å². The second kappa shape index (κ2) is 3.34. The zero-order chi connectivity index (χ0) is 11.0. The largest absolute Gasteiger partial charge is 0.478 e. The second-order valence-electron chi connectivity index (χ2n) is 3.61. The maximum atomic E-state index is 10.9. The van der Waals surface area contributed by atoms with Crippen LogP contribution >= 0.6 is 0 Å². The van der Waals surface area contributed by atoms with E-state index in [4.69, 9.17) is 5.11 Å². The molecule has 1 aliphatic rings. The SMILES string of the molecule is O=C(O)c1cc([N+](=O)[O-])ccc1C1CC1. The first kappa shape index (κ1) is 9.64. The average Bonchev–Trinajstić information content (AvgIpc) is 2.99. The van der Waals surface area contributed by atoms with E-state index in [1.165, 1.54) is 6.07 Å². The standard InChI is InChI=1S/C10H9NO4/c12-10(13)9-5-7(11(14)15)3-4-8(9)6-1-2-6/h3-6H,1-2H2,(H,12,13). The molecule has 0 aromatic heterocycles. The van der Waals surface area contributed by atoms with Gasteiger partial charge in [0.1, 0.15) is 0 Å². The highest BCUT2D eigenvalue weighted by Crippen LogP contribution is 2.42. The molecule has 0 saturated heterocycles. The fourth-order valence-electron chi connectivity index (χ4n) is 1.59. The zero-order valence-electron chi connectivity index (χ0n) is 7.84. The predicted molar refractivity (Wildman–Crippen MR) is 52.0 cm³/mol. The number of nitro groups is 1. The number of hydrogen-bond donors (Lipinski definition) is 1. The van der Waals surface area contributed by atoms with Gasteiger partial charge in [-0.2, -0.15) is 0 Å². The number of carbonyl (C=O) groups is 1. The van der Waals surface area contributed by atoms with Gasteiger partial charge >= 0.3 is 5.97 Å². The summed E-state index contributed by atoms with van der Waals surface area (Å²) in [7, 11) is 0. The van der Waals surface area contributed by atoms with E-state index in [9.17, 15) is 14.9 Å². The number of nitrogens with zero attached hydrogens (tertiary/aromatic N) is 1. The van der Waals surface area contributed by atoms with Crippen LogP contribution < -0.4 is 0 Å². The second-order valence-corrected chi connectivity index (χ2v) is 3.61. The summed E-state index contributed by atoms with van der Waals surface area (Å²) in [6.07, 6.45) is 1.94. The van der Waals surface area contributed by atoms with Crippen LogP contribution in [0.4, 0.5) is 5.69 Å². The van der Waals surface area contributed by atoms with Gasteiger partial charge in [0.15, 0.2) is 0 Å². The molecule has 0 radical (unpaired) electrons. The Morgan fingerprint density at radius 2 is 2.13 bits per heavy atom. The maximum Gasteiger partial charge on any atom is 0.336 e. The number of carboxylic acids is 1. The lowest BCUT2D eigenvalue weighted by Gasteiger charge is -2.03. The van der Waals surface area contributed by atoms with E-state index in [0.717, 1.165) is 18.9 Å². The Bertz CT molecular complexity index is 437. The molecule has 78 valence electrons. The van der Waals surface area contributed by atoms with Gasteiger partial charge in [-0.15, -0.1) is 0 Å². The summed E-state index contributed by atoms with van der Waals surface area (Å²) in [6, 6.07) is 4.05. The first-order chi connectivity index (χ1) is 7.09. The van der Waals surface area contributed by atoms with Crippen LogP contribution in [0.15, 0.2) is 18.2 Å². The fraction of sp³-hybridized carbons (Fsp3) is 0.300. The van der Waals surface area contributed by atoms with Crippen LogP contribution in [0.1, 0.15) is 34.7 Å². The van der Waals surface area contributed by atoms with Crippen LogP contribution in [-0.4, -0.2) is 16.0 Å². The van der Waals surface area contributed by atoms with Crippen LogP contribution in [0.25, 0.3) is 0 Å². The summed E-state index contributed by atoms with van der Waals surface area (Å²) < 4.78 is 0. The van der Waals surface area contributed by atoms with E-state index in [1.54, 1.807) is 6.07 Å². The molecule has 0 unspecified atom stereocenters. The third-order valence-corrected chi connectivity index (χ3v) is 2.50. The molecule has 1 aromatic carbocycles. The normalized spacial score (nSPS) is 14.9. The highest BCUT2D eigenvalue weighted by atomic mass is 16.6. The van der Waals surface area contributed by atoms with Crippen molar-refractivity contribution in [1.82, 2.24) is 0 Å². The lowest BCUT2D eigenvalue weighted by atomic mass is 10.0. The Kier molecular flexibility index (Phi) is 2.15. The Morgan fingerprint density at radius 1 is 1.47 bits per heavy atom. The molecule has 1 saturated carbocycles. The van der Waals surface area contributed by atoms with Gasteiger partial charge in [-0.3, -0.25) is 10.1 Å². The molecule has 1 N–H and O–H groups in total. The van der Waals surface area contributed by atoms with Crippen molar-refractivity contribution in [3.63, 3.8) is 0 Å². The quantitative estimate of drug-likeness (QED) is 0.608. The summed E-state index contributed by atoms with van der Waals surface area (Å²) in [4.78, 5) is 20.8. The molecular formula is C10H9NO4. The molecule has 1 fully saturated rings. The molecule has 1 aliphatic carbocycles. The monoisotopic (exact) mass is 207 g/mol. The number of rotatable bonds is 3. The summed E-state index contributed by atoms with van der Waals surface area (Å²) in [6.45, 7) is 0. The van der Waals surface area contributed by atoms with Gasteiger partial charge in [0.05, 0.1) is 10.5 Å². The highest BCUT2D eigenvalue weighted by molar-refractivity contribution is 5.90. The fourth-order valence-corrected chi connectivity index (χ4v) is 1.59. The molecule has 5 heteroatoms. The third kappa shape index (κ3) is 1.81. The Morgan fingerprint density at radius 3 is 2.60 bits per heavy atom. The van der Waals surface area contributed by atoms with Gasteiger partial charge in [0.25, 0.3) is 5.69 Å². The molecule has 2 rings (SSSR count). The first-order valence-electron chi connectivity index (χ1n) is 4.61. The minimum atomic E-state index is -1.10. The van der Waals surface area contributed by atoms with Crippen molar-refractivity contribution >= 4 is 11.7 Å². The summed E-state index contributed by atoms with van der Waals surface area (Å²) in [5.74, 6) is -0.822. The number of non-ortho nitro benzene ring substituents is 1. The summed E-state index contributed by atoms with van der Waals surface area (Å²) >= 11 is 0. The smallest absolute Gasteiger partial charge is 0.336 e. The Hall–Kier alpha value is -1.91. The average molecular weight is 207 g/mol. The lowest BCUT2D eigenvalue weighted by Crippen LogP contribution is -2.02. The van der Waals surface area contributed by atoms with Gasteiger partial charge in [0.2, 0.25) is 0 Å². The van der Waals surface area contributed by atoms with Crippen LogP contribution in [-0.2, 0) is 0 Å². The van der Waals surface area contributed by atoms with Crippen molar-refractivity contribution in [3.05, 3.63) is 39.4 Å². The number of carboxylic acid groups (broad SMARTS) is 1. The van der Waals surface area contributed by atoms with Crippen LogP contribution in [0.5, 0.6) is 0 Å². The molecule has 0 aliphatic heterocycles. The van der Waals surface area contributed by atoms with Crippen molar-refractivity contribution in [3.8, 4) is 0 Å². The van der Waals surface area contributed by atoms with Crippen molar-refractivity contribution in [1.29, 1.82) is 0 Å². The minimum Gasteiger partial charge on any atom is -0.478 e. The maximum absolute atomic E-state index is 10.9. The van der Waals surface area contributed by atoms with Gasteiger partial charge in [-0.1, -0.05) is 6.07 Å². The van der Waals surface area contributed by atoms with E-state index < -0.39 is 10.9 Å². The first-order valence-corrected chi connectivity index (χ1v) is 4.61. The Balaban J connectivity index is 2.48. The molecule has 0 spiro atoms. The molecule has 0 amide bonds. The molecule has 1 aromatic rings. The molecular weight excluding hydrogens is 198 g/mol. The van der Waals surface area contributed by atoms with Crippen LogP contribution in [0, 0.1) is 10.1 Å². The molecule has 5 nitrogen and oxygen atoms in total. The van der Waals surface area contributed by atoms with Gasteiger partial charge in [0, 0.05) is 12.1 Å². The van der Waals surface area contributed by atoms with Gasteiger partial charge < -0.3 is 5.11 Å². The highest BCUT2D eigenvalue weighted by Gasteiger charge is 2.29. The molecule has 0 heterocycles. The van der Waals surface area contributed by atoms with Crippen molar-refractivity contribution in [2.45, 2.75) is 18.8 Å². The molecule has 0 atom stereocenters. The van der Waals surface area contributed by atoms with Crippen LogP contribution in [0.2, 0.25) is 0 Å². The zero-order valence-corrected chi connectivity index (χ0v) is 7.84. The number of hydrogen-bond acceptors (Lipinski definition) is 3. The third-order valence-electron chi connectivity index (χ3n) is 2.50.